The number of amides is 1. The van der Waals surface area contributed by atoms with Crippen molar-refractivity contribution >= 4 is 17.5 Å². The molecule has 0 spiro atoms. The molecule has 102 valence electrons. The van der Waals surface area contributed by atoms with Crippen molar-refractivity contribution in [3.8, 4) is 0 Å². The van der Waals surface area contributed by atoms with Crippen molar-refractivity contribution in [2.75, 3.05) is 0 Å². The highest BCUT2D eigenvalue weighted by atomic mass is 35.5. The molecule has 2 N–H and O–H groups in total. The number of hydrogen-bond acceptors (Lipinski definition) is 2. The monoisotopic (exact) mass is 286 g/mol. The maximum absolute atomic E-state index is 11.3. The van der Waals surface area contributed by atoms with E-state index >= 15 is 0 Å². The molecule has 4 heteroatoms. The van der Waals surface area contributed by atoms with Crippen molar-refractivity contribution in [1.29, 1.82) is 0 Å². The van der Waals surface area contributed by atoms with E-state index in [4.69, 9.17) is 17.3 Å². The molecule has 3 rings (SSSR count). The lowest BCUT2D eigenvalue weighted by Crippen LogP contribution is -2.14. The van der Waals surface area contributed by atoms with Crippen molar-refractivity contribution in [2.45, 2.75) is 25.7 Å². The molecule has 2 aromatic rings. The molecule has 0 aliphatic heterocycles. The van der Waals surface area contributed by atoms with Gasteiger partial charge in [-0.2, -0.15) is 0 Å². The zero-order chi connectivity index (χ0) is 14.3. The number of nitrogens with zero attached hydrogens (tertiary/aromatic N) is 1. The number of rotatable bonds is 2. The van der Waals surface area contributed by atoms with Crippen LogP contribution >= 0.6 is 11.6 Å². The number of carbonyl (C=O) groups is 1. The first-order chi connectivity index (χ1) is 9.56. The fraction of sp³-hybridized carbons (Fsp3) is 0.250. The quantitative estimate of drug-likeness (QED) is 0.921. The Balaban J connectivity index is 2.00. The highest BCUT2D eigenvalue weighted by Gasteiger charge is 2.25. The molecule has 1 amide bonds. The Morgan fingerprint density at radius 1 is 1.35 bits per heavy atom. The largest absolute Gasteiger partial charge is 0.366 e. The Morgan fingerprint density at radius 3 is 2.85 bits per heavy atom. The zero-order valence-electron chi connectivity index (χ0n) is 11.2. The van der Waals surface area contributed by atoms with Crippen molar-refractivity contribution in [1.82, 2.24) is 4.98 Å². The number of pyridine rings is 1. The van der Waals surface area contributed by atoms with Crippen molar-refractivity contribution in [3.05, 3.63) is 63.4 Å². The van der Waals surface area contributed by atoms with E-state index in [9.17, 15) is 4.79 Å². The Hall–Kier alpha value is -1.87. The van der Waals surface area contributed by atoms with Crippen LogP contribution in [-0.4, -0.2) is 10.9 Å². The molecule has 1 aromatic carbocycles. The first-order valence-electron chi connectivity index (χ1n) is 6.62. The van der Waals surface area contributed by atoms with E-state index < -0.39 is 5.91 Å². The normalized spacial score (nSPS) is 17.0. The number of halogens is 1. The summed E-state index contributed by atoms with van der Waals surface area (Å²) < 4.78 is 0. The summed E-state index contributed by atoms with van der Waals surface area (Å²) in [6.45, 7) is 1.82. The molecule has 0 saturated carbocycles. The van der Waals surface area contributed by atoms with Gasteiger partial charge in [0.25, 0.3) is 5.91 Å². The van der Waals surface area contributed by atoms with Crippen LogP contribution in [0.4, 0.5) is 0 Å². The highest BCUT2D eigenvalue weighted by Crippen LogP contribution is 2.38. The Bertz CT molecular complexity index is 697. The number of carbonyl (C=O) groups excluding carboxylic acids is 1. The summed E-state index contributed by atoms with van der Waals surface area (Å²) in [5, 5.41) is 0.776. The first-order valence-corrected chi connectivity index (χ1v) is 6.99. The van der Waals surface area contributed by atoms with Gasteiger partial charge in [-0.05, 0) is 55.2 Å². The molecule has 1 aliphatic carbocycles. The lowest BCUT2D eigenvalue weighted by molar-refractivity contribution is 0.0999. The van der Waals surface area contributed by atoms with Crippen LogP contribution in [0.2, 0.25) is 5.02 Å². The van der Waals surface area contributed by atoms with Crippen LogP contribution in [0, 0.1) is 6.92 Å². The van der Waals surface area contributed by atoms with E-state index in [0.29, 0.717) is 11.3 Å². The van der Waals surface area contributed by atoms with E-state index in [-0.39, 0.29) is 5.92 Å². The molecule has 3 nitrogen and oxygen atoms in total. The first kappa shape index (κ1) is 13.1. The second kappa shape index (κ2) is 4.91. The lowest BCUT2D eigenvalue weighted by Gasteiger charge is -2.13. The molecule has 1 heterocycles. The van der Waals surface area contributed by atoms with Crippen LogP contribution in [0.5, 0.6) is 0 Å². The highest BCUT2D eigenvalue weighted by molar-refractivity contribution is 6.30. The van der Waals surface area contributed by atoms with E-state index in [2.05, 4.69) is 11.1 Å². The van der Waals surface area contributed by atoms with Gasteiger partial charge in [-0.1, -0.05) is 17.7 Å². The Morgan fingerprint density at radius 2 is 2.15 bits per heavy atom. The van der Waals surface area contributed by atoms with Crippen LogP contribution in [-0.2, 0) is 6.42 Å². The fourth-order valence-electron chi connectivity index (χ4n) is 2.93. The number of fused-ring (bicyclic) bond motifs is 1. The van der Waals surface area contributed by atoms with E-state index in [1.807, 2.05) is 25.1 Å². The zero-order valence-corrected chi connectivity index (χ0v) is 11.9. The van der Waals surface area contributed by atoms with Gasteiger partial charge in [0.1, 0.15) is 0 Å². The molecule has 0 unspecified atom stereocenters. The van der Waals surface area contributed by atoms with Crippen molar-refractivity contribution in [2.24, 2.45) is 5.73 Å². The van der Waals surface area contributed by atoms with Gasteiger partial charge in [0.05, 0.1) is 11.3 Å². The van der Waals surface area contributed by atoms with Gasteiger partial charge in [-0.25, -0.2) is 0 Å². The Labute approximate surface area is 122 Å². The summed E-state index contributed by atoms with van der Waals surface area (Å²) in [5.41, 5.74) is 10.1. The molecular formula is C16H15ClN2O. The second-order valence-electron chi connectivity index (χ2n) is 5.17. The number of hydrogen-bond donors (Lipinski definition) is 1. The third-order valence-electron chi connectivity index (χ3n) is 3.91. The summed E-state index contributed by atoms with van der Waals surface area (Å²) in [7, 11) is 0. The van der Waals surface area contributed by atoms with E-state index in [1.165, 1.54) is 11.1 Å². The number of benzene rings is 1. The summed E-state index contributed by atoms with van der Waals surface area (Å²) in [4.78, 5) is 15.8. The van der Waals surface area contributed by atoms with Gasteiger partial charge < -0.3 is 5.73 Å². The number of primary amides is 1. The third kappa shape index (κ3) is 2.18. The van der Waals surface area contributed by atoms with Crippen LogP contribution < -0.4 is 5.73 Å². The lowest BCUT2D eigenvalue weighted by atomic mass is 9.96. The molecule has 1 atom stereocenters. The minimum atomic E-state index is -0.430. The molecule has 0 bridgehead atoms. The minimum Gasteiger partial charge on any atom is -0.366 e. The van der Waals surface area contributed by atoms with Crippen LogP contribution in [0.15, 0.2) is 30.3 Å². The Kier molecular flexibility index (Phi) is 3.22. The number of aromatic nitrogens is 1. The van der Waals surface area contributed by atoms with Crippen LogP contribution in [0.1, 0.15) is 45.2 Å². The van der Waals surface area contributed by atoms with Gasteiger partial charge in [-0.15, -0.1) is 0 Å². The van der Waals surface area contributed by atoms with Gasteiger partial charge >= 0.3 is 0 Å². The van der Waals surface area contributed by atoms with Gasteiger partial charge in [0.15, 0.2) is 0 Å². The SMILES string of the molecule is Cc1nc([C@@H]2CCc3cc(Cl)ccc32)ccc1C(N)=O. The fourth-order valence-corrected chi connectivity index (χ4v) is 3.12. The average molecular weight is 287 g/mol. The van der Waals surface area contributed by atoms with Gasteiger partial charge in [0.2, 0.25) is 0 Å². The van der Waals surface area contributed by atoms with Crippen molar-refractivity contribution < 1.29 is 4.79 Å². The summed E-state index contributed by atoms with van der Waals surface area (Å²) >= 11 is 6.03. The van der Waals surface area contributed by atoms with E-state index in [0.717, 1.165) is 23.6 Å². The third-order valence-corrected chi connectivity index (χ3v) is 4.15. The smallest absolute Gasteiger partial charge is 0.250 e. The predicted molar refractivity (Wildman–Crippen MR) is 79.1 cm³/mol. The van der Waals surface area contributed by atoms with Crippen LogP contribution in [0.25, 0.3) is 0 Å². The maximum atomic E-state index is 11.3. The van der Waals surface area contributed by atoms with E-state index in [1.54, 1.807) is 6.07 Å². The summed E-state index contributed by atoms with van der Waals surface area (Å²) in [6, 6.07) is 9.70. The topological polar surface area (TPSA) is 56.0 Å². The molecule has 0 radical (unpaired) electrons. The summed E-state index contributed by atoms with van der Waals surface area (Å²) in [6.07, 6.45) is 2.04. The predicted octanol–water partition coefficient (Wildman–Crippen LogP) is 3.22. The molecular weight excluding hydrogens is 272 g/mol. The average Bonchev–Trinajstić information content (AvgIpc) is 2.80. The van der Waals surface area contributed by atoms with Gasteiger partial charge in [0, 0.05) is 16.6 Å². The maximum Gasteiger partial charge on any atom is 0.250 e. The molecule has 0 saturated heterocycles. The molecule has 20 heavy (non-hydrogen) atoms. The van der Waals surface area contributed by atoms with Crippen molar-refractivity contribution in [3.63, 3.8) is 0 Å². The van der Waals surface area contributed by atoms with Gasteiger partial charge in [-0.3, -0.25) is 9.78 Å². The summed E-state index contributed by atoms with van der Waals surface area (Å²) in [5.74, 6) is -0.150. The number of nitrogens with two attached hydrogens (primary N) is 1. The minimum absolute atomic E-state index is 0.280. The standard InChI is InChI=1S/C16H15ClN2O/c1-9-12(16(18)20)6-7-15(19-9)14-4-2-10-8-11(17)3-5-13(10)14/h3,5-8,14H,2,4H2,1H3,(H2,18,20)/t14-/m1/s1. The molecule has 1 aliphatic rings. The molecule has 1 aromatic heterocycles. The number of aryl methyl sites for hydroxylation is 2. The van der Waals surface area contributed by atoms with Crippen LogP contribution in [0.3, 0.4) is 0 Å². The molecule has 0 fully saturated rings. The second-order valence-corrected chi connectivity index (χ2v) is 5.60.